The summed E-state index contributed by atoms with van der Waals surface area (Å²) in [6.45, 7) is 5.34. The van der Waals surface area contributed by atoms with Crippen LogP contribution >= 0.6 is 0 Å². The summed E-state index contributed by atoms with van der Waals surface area (Å²) >= 11 is 0. The molecular weight excluding hydrogens is 284 g/mol. The Hall–Kier alpha value is -1.99. The maximum atomic E-state index is 12.5. The van der Waals surface area contributed by atoms with E-state index in [9.17, 15) is 9.59 Å². The molecule has 1 fully saturated rings. The summed E-state index contributed by atoms with van der Waals surface area (Å²) in [6, 6.07) is 3.13. The average molecular weight is 306 g/mol. The Balaban J connectivity index is 2.09. The van der Waals surface area contributed by atoms with E-state index in [2.05, 4.69) is 9.88 Å². The first kappa shape index (κ1) is 16.4. The smallest absolute Gasteiger partial charge is 0.272 e. The molecule has 3 N–H and O–H groups in total. The Morgan fingerprint density at radius 1 is 1.27 bits per heavy atom. The highest BCUT2D eigenvalue weighted by molar-refractivity contribution is 5.96. The third-order valence-electron chi connectivity index (χ3n) is 3.87. The summed E-state index contributed by atoms with van der Waals surface area (Å²) in [5.41, 5.74) is 6.57. The normalized spacial score (nSPS) is 15.8. The Labute approximate surface area is 129 Å². The van der Waals surface area contributed by atoms with Crippen LogP contribution in [0.1, 0.15) is 33.5 Å². The van der Waals surface area contributed by atoms with Crippen LogP contribution in [0.15, 0.2) is 12.1 Å². The van der Waals surface area contributed by atoms with Crippen molar-refractivity contribution in [1.29, 1.82) is 0 Å². The first-order chi connectivity index (χ1) is 10.6. The molecule has 1 aliphatic rings. The van der Waals surface area contributed by atoms with E-state index in [0.717, 1.165) is 13.1 Å². The van der Waals surface area contributed by atoms with E-state index in [1.165, 1.54) is 0 Å². The van der Waals surface area contributed by atoms with Gasteiger partial charge in [-0.05, 0) is 18.6 Å². The Kier molecular flexibility index (Phi) is 5.46. The van der Waals surface area contributed by atoms with Crippen molar-refractivity contribution in [1.82, 2.24) is 14.8 Å². The second-order valence-electron chi connectivity index (χ2n) is 5.27. The number of aryl methyl sites for hydroxylation is 1. The predicted molar refractivity (Wildman–Crippen MR) is 81.6 cm³/mol. The first-order valence-electron chi connectivity index (χ1n) is 7.49. The lowest BCUT2D eigenvalue weighted by atomic mass is 10.1. The largest absolute Gasteiger partial charge is 0.395 e. The number of primary amides is 1. The molecule has 1 aromatic rings. The van der Waals surface area contributed by atoms with Gasteiger partial charge in [-0.3, -0.25) is 14.5 Å². The number of pyridine rings is 1. The fourth-order valence-electron chi connectivity index (χ4n) is 2.59. The number of carbonyl (C=O) groups is 2. The Morgan fingerprint density at radius 3 is 2.50 bits per heavy atom. The van der Waals surface area contributed by atoms with Crippen molar-refractivity contribution >= 4 is 11.8 Å². The highest BCUT2D eigenvalue weighted by Gasteiger charge is 2.23. The van der Waals surface area contributed by atoms with Crippen LogP contribution in [0.3, 0.4) is 0 Å². The van der Waals surface area contributed by atoms with Crippen LogP contribution in [0.25, 0.3) is 0 Å². The molecule has 22 heavy (non-hydrogen) atoms. The molecule has 0 saturated carbocycles. The van der Waals surface area contributed by atoms with E-state index in [1.54, 1.807) is 17.0 Å². The fourth-order valence-corrected chi connectivity index (χ4v) is 2.59. The molecule has 1 aromatic heterocycles. The highest BCUT2D eigenvalue weighted by atomic mass is 16.3. The first-order valence-corrected chi connectivity index (χ1v) is 7.49. The predicted octanol–water partition coefficient (Wildman–Crippen LogP) is -0.507. The second kappa shape index (κ2) is 7.33. The number of nitrogens with zero attached hydrogens (tertiary/aromatic N) is 3. The topological polar surface area (TPSA) is 99.8 Å². The van der Waals surface area contributed by atoms with Crippen LogP contribution in [0.5, 0.6) is 0 Å². The third kappa shape index (κ3) is 3.61. The molecule has 0 unspecified atom stereocenters. The maximum absolute atomic E-state index is 12.5. The van der Waals surface area contributed by atoms with E-state index in [-0.39, 0.29) is 12.5 Å². The summed E-state index contributed by atoms with van der Waals surface area (Å²) < 4.78 is 0. The van der Waals surface area contributed by atoms with Crippen LogP contribution < -0.4 is 5.73 Å². The number of aliphatic hydroxyl groups is 1. The van der Waals surface area contributed by atoms with Crippen molar-refractivity contribution in [3.8, 4) is 0 Å². The summed E-state index contributed by atoms with van der Waals surface area (Å²) in [5, 5.41) is 8.93. The molecule has 2 amide bonds. The zero-order valence-electron chi connectivity index (χ0n) is 12.8. The quantitative estimate of drug-likeness (QED) is 0.763. The van der Waals surface area contributed by atoms with Gasteiger partial charge < -0.3 is 15.7 Å². The van der Waals surface area contributed by atoms with E-state index < -0.39 is 5.91 Å². The van der Waals surface area contributed by atoms with Gasteiger partial charge >= 0.3 is 0 Å². The monoisotopic (exact) mass is 306 g/mol. The molecule has 0 aromatic carbocycles. The molecule has 1 saturated heterocycles. The molecule has 7 nitrogen and oxygen atoms in total. The van der Waals surface area contributed by atoms with Crippen molar-refractivity contribution in [2.45, 2.75) is 13.3 Å². The standard InChI is InChI=1S/C15H22N4O3/c1-2-12-11(14(16)21)3-4-13(17-12)15(22)19-7-5-18(6-8-19)9-10-20/h3-4,20H,2,5-10H2,1H3,(H2,16,21). The van der Waals surface area contributed by atoms with Crippen molar-refractivity contribution < 1.29 is 14.7 Å². The van der Waals surface area contributed by atoms with E-state index >= 15 is 0 Å². The molecule has 7 heteroatoms. The van der Waals surface area contributed by atoms with Crippen molar-refractivity contribution in [2.24, 2.45) is 5.73 Å². The average Bonchev–Trinajstić information content (AvgIpc) is 2.54. The van der Waals surface area contributed by atoms with Crippen LogP contribution in [-0.4, -0.2) is 71.0 Å². The lowest BCUT2D eigenvalue weighted by Crippen LogP contribution is -2.49. The number of nitrogens with two attached hydrogens (primary N) is 1. The number of β-amino-alcohol motifs (C(OH)–C–C–N with tert-alkyl or cyclic N) is 1. The molecule has 0 radical (unpaired) electrons. The number of aromatic nitrogens is 1. The van der Waals surface area contributed by atoms with Crippen LogP contribution in [0.4, 0.5) is 0 Å². The van der Waals surface area contributed by atoms with Gasteiger partial charge in [0.1, 0.15) is 5.69 Å². The molecular formula is C15H22N4O3. The minimum Gasteiger partial charge on any atom is -0.395 e. The molecule has 0 bridgehead atoms. The van der Waals surface area contributed by atoms with E-state index in [1.807, 2.05) is 6.92 Å². The highest BCUT2D eigenvalue weighted by Crippen LogP contribution is 2.12. The van der Waals surface area contributed by atoms with Crippen molar-refractivity contribution in [3.05, 3.63) is 29.1 Å². The van der Waals surface area contributed by atoms with Gasteiger partial charge in [-0.1, -0.05) is 6.92 Å². The second-order valence-corrected chi connectivity index (χ2v) is 5.27. The molecule has 120 valence electrons. The molecule has 2 rings (SSSR count). The van der Waals surface area contributed by atoms with Gasteiger partial charge in [0.05, 0.1) is 17.9 Å². The Morgan fingerprint density at radius 2 is 1.95 bits per heavy atom. The third-order valence-corrected chi connectivity index (χ3v) is 3.87. The number of aliphatic hydroxyl groups excluding tert-OH is 1. The SMILES string of the molecule is CCc1nc(C(=O)N2CCN(CCO)CC2)ccc1C(N)=O. The summed E-state index contributed by atoms with van der Waals surface area (Å²) in [6.07, 6.45) is 0.545. The number of hydrogen-bond acceptors (Lipinski definition) is 5. The lowest BCUT2D eigenvalue weighted by Gasteiger charge is -2.34. The lowest BCUT2D eigenvalue weighted by molar-refractivity contribution is 0.0608. The number of carbonyl (C=O) groups excluding carboxylic acids is 2. The summed E-state index contributed by atoms with van der Waals surface area (Å²) in [4.78, 5) is 32.0. The van der Waals surface area contributed by atoms with Gasteiger partial charge in [-0.15, -0.1) is 0 Å². The number of hydrogen-bond donors (Lipinski definition) is 2. The number of piperazine rings is 1. The number of rotatable bonds is 5. The minimum atomic E-state index is -0.527. The van der Waals surface area contributed by atoms with Gasteiger partial charge in [0.15, 0.2) is 0 Å². The van der Waals surface area contributed by atoms with Crippen molar-refractivity contribution in [2.75, 3.05) is 39.3 Å². The minimum absolute atomic E-state index is 0.129. The molecule has 0 aliphatic carbocycles. The van der Waals surface area contributed by atoms with Gasteiger partial charge in [-0.2, -0.15) is 0 Å². The van der Waals surface area contributed by atoms with E-state index in [4.69, 9.17) is 10.8 Å². The van der Waals surface area contributed by atoms with Crippen LogP contribution in [0, 0.1) is 0 Å². The molecule has 0 atom stereocenters. The summed E-state index contributed by atoms with van der Waals surface area (Å²) in [7, 11) is 0. The van der Waals surface area contributed by atoms with Crippen molar-refractivity contribution in [3.63, 3.8) is 0 Å². The Bertz CT molecular complexity index is 554. The van der Waals surface area contributed by atoms with Crippen LogP contribution in [0.2, 0.25) is 0 Å². The van der Waals surface area contributed by atoms with E-state index in [0.29, 0.717) is 43.0 Å². The van der Waals surface area contributed by atoms with Crippen LogP contribution in [-0.2, 0) is 6.42 Å². The summed E-state index contributed by atoms with van der Waals surface area (Å²) in [5.74, 6) is -0.657. The van der Waals surface area contributed by atoms with Gasteiger partial charge in [0.2, 0.25) is 0 Å². The maximum Gasteiger partial charge on any atom is 0.272 e. The molecule has 2 heterocycles. The number of amides is 2. The zero-order chi connectivity index (χ0) is 16.1. The fraction of sp³-hybridized carbons (Fsp3) is 0.533. The van der Waals surface area contributed by atoms with Gasteiger partial charge in [0.25, 0.3) is 11.8 Å². The van der Waals surface area contributed by atoms with Gasteiger partial charge in [0, 0.05) is 32.7 Å². The molecule has 0 spiro atoms. The zero-order valence-corrected chi connectivity index (χ0v) is 12.8. The van der Waals surface area contributed by atoms with Gasteiger partial charge in [-0.25, -0.2) is 4.98 Å². The molecule has 1 aliphatic heterocycles.